The second kappa shape index (κ2) is 13.0. The maximum atomic E-state index is 12.0. The van der Waals surface area contributed by atoms with Crippen molar-refractivity contribution >= 4 is 35.8 Å². The van der Waals surface area contributed by atoms with E-state index in [1.54, 1.807) is 6.07 Å². The summed E-state index contributed by atoms with van der Waals surface area (Å²) in [5.74, 6) is 1.05. The van der Waals surface area contributed by atoms with Crippen LogP contribution in [-0.4, -0.2) is 37.5 Å². The number of guanidine groups is 1. The molecule has 1 aromatic heterocycles. The molecule has 1 rings (SSSR count). The molecule has 1 aromatic rings. The lowest BCUT2D eigenvalue weighted by atomic mass is 9.89. The maximum Gasteiger partial charge on any atom is 0.287 e. The first-order valence-corrected chi connectivity index (χ1v) is 9.60. The quantitative estimate of drug-likeness (QED) is 0.210. The van der Waals surface area contributed by atoms with Crippen LogP contribution < -0.4 is 16.0 Å². The lowest BCUT2D eigenvalue weighted by Gasteiger charge is -2.23. The molecule has 1 heterocycles. The Labute approximate surface area is 181 Å². The van der Waals surface area contributed by atoms with Crippen LogP contribution >= 0.6 is 24.0 Å². The largest absolute Gasteiger partial charge is 0.459 e. The van der Waals surface area contributed by atoms with Gasteiger partial charge in [0.05, 0.1) is 6.26 Å². The Balaban J connectivity index is 0.00000676. The summed E-state index contributed by atoms with van der Waals surface area (Å²) in [6.45, 7) is 14.9. The number of carbonyl (C=O) groups is 1. The second-order valence-corrected chi connectivity index (χ2v) is 7.95. The van der Waals surface area contributed by atoms with Gasteiger partial charge in [0.2, 0.25) is 0 Å². The number of furan rings is 1. The summed E-state index contributed by atoms with van der Waals surface area (Å²) in [5.41, 5.74) is 1.19. The van der Waals surface area contributed by atoms with Crippen molar-refractivity contribution in [2.24, 2.45) is 10.4 Å². The van der Waals surface area contributed by atoms with E-state index in [2.05, 4.69) is 55.6 Å². The molecular weight excluding hydrogens is 455 g/mol. The molecule has 6 nitrogen and oxygen atoms in total. The number of nitrogens with one attached hydrogen (secondary N) is 3. The molecule has 3 N–H and O–H groups in total. The first-order valence-electron chi connectivity index (χ1n) is 9.60. The molecule has 156 valence electrons. The first-order chi connectivity index (χ1) is 12.2. The van der Waals surface area contributed by atoms with Crippen molar-refractivity contribution < 1.29 is 9.21 Å². The molecule has 7 heteroatoms. The van der Waals surface area contributed by atoms with E-state index < -0.39 is 0 Å². The number of aliphatic imine (C=N–C) groups is 1. The Morgan fingerprint density at radius 3 is 2.56 bits per heavy atom. The highest BCUT2D eigenvalue weighted by Gasteiger charge is 2.13. The fraction of sp³-hybridized carbons (Fsp3) is 0.700. The zero-order valence-corrected chi connectivity index (χ0v) is 20.0. The first kappa shape index (κ1) is 25.8. The summed E-state index contributed by atoms with van der Waals surface area (Å²) >= 11 is 0. The van der Waals surface area contributed by atoms with Gasteiger partial charge in [-0.1, -0.05) is 20.8 Å². The second-order valence-electron chi connectivity index (χ2n) is 7.95. The lowest BCUT2D eigenvalue weighted by Crippen LogP contribution is -2.42. The smallest absolute Gasteiger partial charge is 0.287 e. The molecule has 0 aliphatic heterocycles. The molecule has 0 aliphatic carbocycles. The van der Waals surface area contributed by atoms with Crippen LogP contribution in [0.2, 0.25) is 0 Å². The summed E-state index contributed by atoms with van der Waals surface area (Å²) in [7, 11) is 0. The van der Waals surface area contributed by atoms with E-state index in [0.29, 0.717) is 30.3 Å². The van der Waals surface area contributed by atoms with E-state index in [1.807, 2.05) is 6.92 Å². The van der Waals surface area contributed by atoms with Crippen molar-refractivity contribution in [3.63, 3.8) is 0 Å². The third-order valence-electron chi connectivity index (χ3n) is 4.01. The Morgan fingerprint density at radius 2 is 2.00 bits per heavy atom. The summed E-state index contributed by atoms with van der Waals surface area (Å²) in [5, 5.41) is 9.60. The third kappa shape index (κ3) is 11.2. The van der Waals surface area contributed by atoms with Crippen LogP contribution in [0.3, 0.4) is 0 Å². The minimum Gasteiger partial charge on any atom is -0.459 e. The van der Waals surface area contributed by atoms with E-state index in [1.165, 1.54) is 12.7 Å². The topological polar surface area (TPSA) is 78.7 Å². The Kier molecular flexibility index (Phi) is 12.4. The summed E-state index contributed by atoms with van der Waals surface area (Å²) < 4.78 is 5.18. The van der Waals surface area contributed by atoms with E-state index >= 15 is 0 Å². The highest BCUT2D eigenvalue weighted by molar-refractivity contribution is 14.0. The average molecular weight is 492 g/mol. The molecule has 0 aromatic carbocycles. The predicted molar refractivity (Wildman–Crippen MR) is 123 cm³/mol. The highest BCUT2D eigenvalue weighted by atomic mass is 127. The zero-order chi connectivity index (χ0) is 19.6. The van der Waals surface area contributed by atoms with Crippen LogP contribution in [0, 0.1) is 12.3 Å². The number of amides is 1. The molecule has 0 radical (unpaired) electrons. The van der Waals surface area contributed by atoms with Gasteiger partial charge in [-0.25, -0.2) is 0 Å². The number of nitrogens with zero attached hydrogens (tertiary/aromatic N) is 1. The summed E-state index contributed by atoms with van der Waals surface area (Å²) in [4.78, 5) is 16.6. The van der Waals surface area contributed by atoms with Crippen LogP contribution in [-0.2, 0) is 0 Å². The third-order valence-corrected chi connectivity index (χ3v) is 4.01. The Morgan fingerprint density at radius 1 is 1.30 bits per heavy atom. The number of hydrogen-bond donors (Lipinski definition) is 3. The molecule has 0 fully saturated rings. The molecule has 0 aliphatic rings. The Bertz CT molecular complexity index is 579. The molecule has 27 heavy (non-hydrogen) atoms. The van der Waals surface area contributed by atoms with Gasteiger partial charge in [-0.05, 0) is 51.5 Å². The molecule has 1 atom stereocenters. The molecule has 0 saturated carbocycles. The fourth-order valence-corrected chi connectivity index (χ4v) is 2.43. The molecule has 0 spiro atoms. The van der Waals surface area contributed by atoms with E-state index in [0.717, 1.165) is 30.9 Å². The van der Waals surface area contributed by atoms with Crippen molar-refractivity contribution in [2.75, 3.05) is 19.6 Å². The molecule has 1 amide bonds. The van der Waals surface area contributed by atoms with E-state index in [9.17, 15) is 4.79 Å². The van der Waals surface area contributed by atoms with Gasteiger partial charge in [-0.2, -0.15) is 0 Å². The van der Waals surface area contributed by atoms with Gasteiger partial charge >= 0.3 is 0 Å². The standard InChI is InChI=1S/C20H36N4O2.HI/c1-7-21-19(24-16(3)9-11-20(4,5)6)23-13-8-12-22-18(25)17-15(2)10-14-26-17;/h10,14,16H,7-9,11-13H2,1-6H3,(H,22,25)(H2,21,23,24);1H. The van der Waals surface area contributed by atoms with E-state index in [-0.39, 0.29) is 29.9 Å². The van der Waals surface area contributed by atoms with Gasteiger partial charge in [-0.3, -0.25) is 9.79 Å². The van der Waals surface area contributed by atoms with Crippen LogP contribution in [0.4, 0.5) is 0 Å². The van der Waals surface area contributed by atoms with Crippen molar-refractivity contribution in [2.45, 2.75) is 66.8 Å². The van der Waals surface area contributed by atoms with Crippen molar-refractivity contribution in [1.82, 2.24) is 16.0 Å². The number of hydrogen-bond acceptors (Lipinski definition) is 3. The average Bonchev–Trinajstić information content (AvgIpc) is 2.98. The highest BCUT2D eigenvalue weighted by Crippen LogP contribution is 2.21. The van der Waals surface area contributed by atoms with Gasteiger partial charge in [0.1, 0.15) is 0 Å². The monoisotopic (exact) mass is 492 g/mol. The van der Waals surface area contributed by atoms with Gasteiger partial charge in [0, 0.05) is 31.2 Å². The van der Waals surface area contributed by atoms with Gasteiger partial charge in [-0.15, -0.1) is 24.0 Å². The molecule has 0 saturated heterocycles. The van der Waals surface area contributed by atoms with Gasteiger partial charge in [0.25, 0.3) is 5.91 Å². The number of rotatable bonds is 9. The molecule has 1 unspecified atom stereocenters. The molecular formula is C20H37IN4O2. The fourth-order valence-electron chi connectivity index (χ4n) is 2.43. The minimum atomic E-state index is -0.169. The van der Waals surface area contributed by atoms with E-state index in [4.69, 9.17) is 4.42 Å². The normalized spacial score (nSPS) is 12.9. The van der Waals surface area contributed by atoms with Crippen molar-refractivity contribution in [3.8, 4) is 0 Å². The number of halogens is 1. The van der Waals surface area contributed by atoms with Gasteiger partial charge < -0.3 is 20.4 Å². The number of aryl methyl sites for hydroxylation is 1. The predicted octanol–water partition coefficient (Wildman–Crippen LogP) is 4.10. The summed E-state index contributed by atoms with van der Waals surface area (Å²) in [6.07, 6.45) is 4.58. The van der Waals surface area contributed by atoms with Crippen LogP contribution in [0.5, 0.6) is 0 Å². The van der Waals surface area contributed by atoms with Crippen LogP contribution in [0.15, 0.2) is 21.7 Å². The SMILES string of the molecule is CCNC(=NCCCNC(=O)c1occc1C)NC(C)CCC(C)(C)C.I. The van der Waals surface area contributed by atoms with Crippen LogP contribution in [0.1, 0.15) is 70.0 Å². The zero-order valence-electron chi connectivity index (χ0n) is 17.6. The minimum absolute atomic E-state index is 0. The number of carbonyl (C=O) groups excluding carboxylic acids is 1. The Hall–Kier alpha value is -1.25. The summed E-state index contributed by atoms with van der Waals surface area (Å²) in [6, 6.07) is 2.16. The van der Waals surface area contributed by atoms with Gasteiger partial charge in [0.15, 0.2) is 11.7 Å². The lowest BCUT2D eigenvalue weighted by molar-refractivity contribution is 0.0925. The van der Waals surface area contributed by atoms with Crippen molar-refractivity contribution in [1.29, 1.82) is 0 Å². The van der Waals surface area contributed by atoms with Crippen molar-refractivity contribution in [3.05, 3.63) is 23.7 Å². The molecule has 0 bridgehead atoms. The maximum absolute atomic E-state index is 12.0. The van der Waals surface area contributed by atoms with Crippen LogP contribution in [0.25, 0.3) is 0 Å².